The number of nitrogens with zero attached hydrogens (tertiary/aromatic N) is 1. The standard InChI is InChI=1S/C13H21NO/c1-13(2,10-14(3)4)12-7-5-11(9-15)6-8-12/h5-8,15H,9-10H2,1-4H3. The predicted molar refractivity (Wildman–Crippen MR) is 63.9 cm³/mol. The minimum Gasteiger partial charge on any atom is -0.392 e. The molecule has 0 radical (unpaired) electrons. The van der Waals surface area contributed by atoms with Crippen molar-refractivity contribution in [1.29, 1.82) is 0 Å². The molecule has 1 aromatic carbocycles. The van der Waals surface area contributed by atoms with Crippen LogP contribution in [-0.2, 0) is 12.0 Å². The maximum absolute atomic E-state index is 8.97. The molecule has 0 heterocycles. The van der Waals surface area contributed by atoms with Gasteiger partial charge >= 0.3 is 0 Å². The van der Waals surface area contributed by atoms with Gasteiger partial charge in [0.15, 0.2) is 0 Å². The summed E-state index contributed by atoms with van der Waals surface area (Å²) in [6, 6.07) is 8.20. The van der Waals surface area contributed by atoms with Gasteiger partial charge in [-0.2, -0.15) is 0 Å². The van der Waals surface area contributed by atoms with Crippen LogP contribution in [0.25, 0.3) is 0 Å². The average molecular weight is 207 g/mol. The number of hydrogen-bond acceptors (Lipinski definition) is 2. The number of rotatable bonds is 4. The summed E-state index contributed by atoms with van der Waals surface area (Å²) in [5.74, 6) is 0. The number of aliphatic hydroxyl groups excluding tert-OH is 1. The van der Waals surface area contributed by atoms with Gasteiger partial charge in [-0.1, -0.05) is 38.1 Å². The molecular formula is C13H21NO. The van der Waals surface area contributed by atoms with Crippen LogP contribution in [0.3, 0.4) is 0 Å². The second kappa shape index (κ2) is 4.77. The summed E-state index contributed by atoms with van der Waals surface area (Å²) in [4.78, 5) is 2.19. The Morgan fingerprint density at radius 2 is 1.67 bits per heavy atom. The highest BCUT2D eigenvalue weighted by atomic mass is 16.3. The molecule has 0 aliphatic carbocycles. The summed E-state index contributed by atoms with van der Waals surface area (Å²) < 4.78 is 0. The lowest BCUT2D eigenvalue weighted by molar-refractivity contribution is 0.281. The third-order valence-corrected chi connectivity index (χ3v) is 2.63. The van der Waals surface area contributed by atoms with E-state index in [2.05, 4.69) is 45.0 Å². The van der Waals surface area contributed by atoms with E-state index in [4.69, 9.17) is 5.11 Å². The molecule has 84 valence electrons. The average Bonchev–Trinajstić information content (AvgIpc) is 2.16. The van der Waals surface area contributed by atoms with Crippen molar-refractivity contribution in [3.05, 3.63) is 35.4 Å². The van der Waals surface area contributed by atoms with Crippen LogP contribution in [0, 0.1) is 0 Å². The van der Waals surface area contributed by atoms with Crippen LogP contribution in [0.5, 0.6) is 0 Å². The van der Waals surface area contributed by atoms with E-state index in [0.717, 1.165) is 12.1 Å². The first-order valence-corrected chi connectivity index (χ1v) is 5.31. The fourth-order valence-electron chi connectivity index (χ4n) is 1.94. The Morgan fingerprint density at radius 3 is 2.07 bits per heavy atom. The number of likely N-dealkylation sites (N-methyl/N-ethyl adjacent to an activating group) is 1. The highest BCUT2D eigenvalue weighted by Crippen LogP contribution is 2.23. The minimum atomic E-state index is 0.119. The molecule has 0 unspecified atom stereocenters. The van der Waals surface area contributed by atoms with Gasteiger partial charge in [0, 0.05) is 12.0 Å². The second-order valence-corrected chi connectivity index (χ2v) is 4.98. The largest absolute Gasteiger partial charge is 0.392 e. The monoisotopic (exact) mass is 207 g/mol. The maximum Gasteiger partial charge on any atom is 0.0681 e. The Morgan fingerprint density at radius 1 is 1.13 bits per heavy atom. The highest BCUT2D eigenvalue weighted by molar-refractivity contribution is 5.28. The molecule has 0 fully saturated rings. The Hall–Kier alpha value is -0.860. The second-order valence-electron chi connectivity index (χ2n) is 4.98. The highest BCUT2D eigenvalue weighted by Gasteiger charge is 2.20. The molecule has 0 aliphatic rings. The van der Waals surface area contributed by atoms with Crippen molar-refractivity contribution in [3.63, 3.8) is 0 Å². The predicted octanol–water partition coefficient (Wildman–Crippen LogP) is 2.02. The van der Waals surface area contributed by atoms with Crippen LogP contribution in [0.15, 0.2) is 24.3 Å². The van der Waals surface area contributed by atoms with E-state index in [1.165, 1.54) is 5.56 Å². The number of hydrogen-bond donors (Lipinski definition) is 1. The summed E-state index contributed by atoms with van der Waals surface area (Å²) in [7, 11) is 4.17. The number of benzene rings is 1. The summed E-state index contributed by atoms with van der Waals surface area (Å²) >= 11 is 0. The molecule has 1 rings (SSSR count). The van der Waals surface area contributed by atoms with Gasteiger partial charge in [0.25, 0.3) is 0 Å². The maximum atomic E-state index is 8.97. The molecule has 2 nitrogen and oxygen atoms in total. The molecule has 0 saturated heterocycles. The van der Waals surface area contributed by atoms with Crippen LogP contribution in [0.1, 0.15) is 25.0 Å². The van der Waals surface area contributed by atoms with E-state index in [1.807, 2.05) is 12.1 Å². The Kier molecular flexibility index (Phi) is 3.89. The lowest BCUT2D eigenvalue weighted by Gasteiger charge is -2.29. The topological polar surface area (TPSA) is 23.5 Å². The minimum absolute atomic E-state index is 0.119. The molecule has 0 atom stereocenters. The zero-order valence-corrected chi connectivity index (χ0v) is 10.1. The lowest BCUT2D eigenvalue weighted by Crippen LogP contribution is -2.32. The van der Waals surface area contributed by atoms with E-state index in [9.17, 15) is 0 Å². The first-order valence-electron chi connectivity index (χ1n) is 5.31. The van der Waals surface area contributed by atoms with Gasteiger partial charge < -0.3 is 10.0 Å². The first-order chi connectivity index (χ1) is 6.95. The molecule has 2 heteroatoms. The van der Waals surface area contributed by atoms with Gasteiger partial charge in [-0.15, -0.1) is 0 Å². The summed E-state index contributed by atoms with van der Waals surface area (Å²) in [6.45, 7) is 5.61. The third-order valence-electron chi connectivity index (χ3n) is 2.63. The summed E-state index contributed by atoms with van der Waals surface area (Å²) in [5, 5.41) is 8.97. The van der Waals surface area contributed by atoms with Gasteiger partial charge in [-0.3, -0.25) is 0 Å². The van der Waals surface area contributed by atoms with Gasteiger partial charge in [-0.05, 0) is 25.2 Å². The number of aliphatic hydroxyl groups is 1. The van der Waals surface area contributed by atoms with E-state index in [1.54, 1.807) is 0 Å². The van der Waals surface area contributed by atoms with E-state index >= 15 is 0 Å². The lowest BCUT2D eigenvalue weighted by atomic mass is 9.84. The van der Waals surface area contributed by atoms with E-state index < -0.39 is 0 Å². The van der Waals surface area contributed by atoms with Crippen LogP contribution in [-0.4, -0.2) is 30.6 Å². The summed E-state index contributed by atoms with van der Waals surface area (Å²) in [6.07, 6.45) is 0. The van der Waals surface area contributed by atoms with Crippen LogP contribution < -0.4 is 0 Å². The van der Waals surface area contributed by atoms with Gasteiger partial charge in [0.2, 0.25) is 0 Å². The van der Waals surface area contributed by atoms with Crippen molar-refractivity contribution < 1.29 is 5.11 Å². The molecule has 0 amide bonds. The van der Waals surface area contributed by atoms with E-state index in [0.29, 0.717) is 0 Å². The quantitative estimate of drug-likeness (QED) is 0.816. The SMILES string of the molecule is CN(C)CC(C)(C)c1ccc(CO)cc1. The van der Waals surface area contributed by atoms with Gasteiger partial charge in [0.1, 0.15) is 0 Å². The normalized spacial score (nSPS) is 12.1. The molecule has 15 heavy (non-hydrogen) atoms. The zero-order valence-electron chi connectivity index (χ0n) is 10.1. The van der Waals surface area contributed by atoms with Crippen molar-refractivity contribution in [1.82, 2.24) is 4.90 Å². The van der Waals surface area contributed by atoms with Gasteiger partial charge in [0.05, 0.1) is 6.61 Å². The third kappa shape index (κ3) is 3.33. The van der Waals surface area contributed by atoms with Crippen molar-refractivity contribution >= 4 is 0 Å². The zero-order chi connectivity index (χ0) is 11.5. The molecule has 0 spiro atoms. The van der Waals surface area contributed by atoms with E-state index in [-0.39, 0.29) is 12.0 Å². The molecular weight excluding hydrogens is 186 g/mol. The Balaban J connectivity index is 2.85. The Labute approximate surface area is 92.5 Å². The fraction of sp³-hybridized carbons (Fsp3) is 0.538. The van der Waals surface area contributed by atoms with Crippen LogP contribution in [0.2, 0.25) is 0 Å². The van der Waals surface area contributed by atoms with Crippen LogP contribution in [0.4, 0.5) is 0 Å². The van der Waals surface area contributed by atoms with Gasteiger partial charge in [-0.25, -0.2) is 0 Å². The molecule has 1 N–H and O–H groups in total. The molecule has 0 aromatic heterocycles. The summed E-state index contributed by atoms with van der Waals surface area (Å²) in [5.41, 5.74) is 2.44. The molecule has 1 aromatic rings. The van der Waals surface area contributed by atoms with Crippen molar-refractivity contribution in [2.45, 2.75) is 25.9 Å². The van der Waals surface area contributed by atoms with Crippen LogP contribution >= 0.6 is 0 Å². The Bertz CT molecular complexity index is 301. The smallest absolute Gasteiger partial charge is 0.0681 e. The first kappa shape index (κ1) is 12.2. The van der Waals surface area contributed by atoms with Crippen molar-refractivity contribution in [2.75, 3.05) is 20.6 Å². The van der Waals surface area contributed by atoms with Crippen molar-refractivity contribution in [3.8, 4) is 0 Å². The molecule has 0 aliphatic heterocycles. The molecule has 0 bridgehead atoms. The fourth-order valence-corrected chi connectivity index (χ4v) is 1.94. The van der Waals surface area contributed by atoms with Crippen molar-refractivity contribution in [2.24, 2.45) is 0 Å². The molecule has 0 saturated carbocycles.